The summed E-state index contributed by atoms with van der Waals surface area (Å²) in [5.74, 6) is 0.407. The van der Waals surface area contributed by atoms with E-state index in [2.05, 4.69) is 109 Å². The number of nitrogens with zero attached hydrogens (tertiary/aromatic N) is 1. The topological polar surface area (TPSA) is 12.5 Å². The van der Waals surface area contributed by atoms with Crippen LogP contribution in [0.1, 0.15) is 40.2 Å². The first kappa shape index (κ1) is 19.8. The quantitative estimate of drug-likeness (QED) is 0.280. The highest BCUT2D eigenvalue weighted by Crippen LogP contribution is 2.50. The fraction of sp³-hybridized carbons (Fsp3) is 0.188. The monoisotopic (exact) mass is 441 g/mol. The summed E-state index contributed by atoms with van der Waals surface area (Å²) in [4.78, 5) is 2.56. The van der Waals surface area contributed by atoms with Crippen LogP contribution < -0.4 is 4.90 Å². The van der Waals surface area contributed by atoms with E-state index >= 15 is 0 Å². The van der Waals surface area contributed by atoms with Crippen LogP contribution in [0.5, 0.6) is 0 Å². The molecular formula is C32H27NO. The predicted octanol–water partition coefficient (Wildman–Crippen LogP) is 7.59. The maximum atomic E-state index is 5.98. The van der Waals surface area contributed by atoms with Crippen molar-refractivity contribution >= 4 is 23.0 Å². The highest BCUT2D eigenvalue weighted by molar-refractivity contribution is 6.06. The van der Waals surface area contributed by atoms with Gasteiger partial charge < -0.3 is 9.64 Å². The molecule has 2 heteroatoms. The zero-order valence-corrected chi connectivity index (χ0v) is 19.4. The third-order valence-corrected chi connectivity index (χ3v) is 7.78. The molecule has 166 valence electrons. The lowest BCUT2D eigenvalue weighted by Gasteiger charge is -2.33. The number of aryl methyl sites for hydroxylation is 1. The second-order valence-corrected chi connectivity index (χ2v) is 9.66. The maximum absolute atomic E-state index is 5.98. The van der Waals surface area contributed by atoms with Crippen molar-refractivity contribution in [3.8, 4) is 11.1 Å². The van der Waals surface area contributed by atoms with Crippen molar-refractivity contribution in [3.05, 3.63) is 119 Å². The molecule has 1 aliphatic carbocycles. The van der Waals surface area contributed by atoms with Crippen LogP contribution in [0, 0.1) is 6.92 Å². The molecule has 0 radical (unpaired) electrons. The Hall–Kier alpha value is -3.62. The molecule has 0 N–H and O–H groups in total. The van der Waals surface area contributed by atoms with E-state index in [1.54, 1.807) is 0 Å². The summed E-state index contributed by atoms with van der Waals surface area (Å²) < 4.78 is 5.98. The number of benzene rings is 4. The minimum absolute atomic E-state index is 0.407. The Balaban J connectivity index is 1.39. The highest BCUT2D eigenvalue weighted by Gasteiger charge is 2.41. The Morgan fingerprint density at radius 1 is 0.794 bits per heavy atom. The van der Waals surface area contributed by atoms with Gasteiger partial charge in [0.25, 0.3) is 0 Å². The molecule has 2 heterocycles. The summed E-state index contributed by atoms with van der Waals surface area (Å²) >= 11 is 0. The number of ether oxygens (including phenoxy) is 1. The molecule has 0 amide bonds. The summed E-state index contributed by atoms with van der Waals surface area (Å²) in [7, 11) is 0. The van der Waals surface area contributed by atoms with E-state index in [0.717, 1.165) is 19.6 Å². The zero-order valence-electron chi connectivity index (χ0n) is 19.4. The Labute approximate surface area is 201 Å². The first-order valence-electron chi connectivity index (χ1n) is 12.3. The molecule has 34 heavy (non-hydrogen) atoms. The molecule has 2 nitrogen and oxygen atoms in total. The molecule has 4 aromatic carbocycles. The fourth-order valence-corrected chi connectivity index (χ4v) is 6.18. The number of hydrogen-bond acceptors (Lipinski definition) is 2. The maximum Gasteiger partial charge on any atom is 0.0555 e. The molecule has 0 saturated carbocycles. The molecule has 2 atom stereocenters. The SMILES string of the molecule is Cc1cc2c(cc1C=C1c3ccccc3-c3ccccc31)C1COCCC1N2c1ccccc1. The summed E-state index contributed by atoms with van der Waals surface area (Å²) in [6.07, 6.45) is 3.47. The third-order valence-electron chi connectivity index (χ3n) is 7.78. The van der Waals surface area contributed by atoms with E-state index in [4.69, 9.17) is 4.74 Å². The predicted molar refractivity (Wildman–Crippen MR) is 141 cm³/mol. The Morgan fingerprint density at radius 3 is 2.15 bits per heavy atom. The smallest absolute Gasteiger partial charge is 0.0555 e. The van der Waals surface area contributed by atoms with Gasteiger partial charge in [0.15, 0.2) is 0 Å². The van der Waals surface area contributed by atoms with E-state index in [0.29, 0.717) is 12.0 Å². The van der Waals surface area contributed by atoms with E-state index in [1.807, 2.05) is 0 Å². The molecule has 7 rings (SSSR count). The van der Waals surface area contributed by atoms with Crippen molar-refractivity contribution in [1.82, 2.24) is 0 Å². The van der Waals surface area contributed by atoms with Gasteiger partial charge in [-0.2, -0.15) is 0 Å². The largest absolute Gasteiger partial charge is 0.381 e. The Morgan fingerprint density at radius 2 is 1.44 bits per heavy atom. The first-order valence-corrected chi connectivity index (χ1v) is 12.3. The van der Waals surface area contributed by atoms with Crippen LogP contribution in [0.25, 0.3) is 22.8 Å². The Bertz CT molecular complexity index is 1390. The van der Waals surface area contributed by atoms with Gasteiger partial charge in [-0.3, -0.25) is 0 Å². The summed E-state index contributed by atoms with van der Waals surface area (Å²) in [6.45, 7) is 3.88. The minimum atomic E-state index is 0.407. The number of rotatable bonds is 2. The molecule has 3 aliphatic rings. The number of para-hydroxylation sites is 1. The van der Waals surface area contributed by atoms with Crippen molar-refractivity contribution in [2.24, 2.45) is 0 Å². The summed E-state index contributed by atoms with van der Waals surface area (Å²) in [5, 5.41) is 0. The van der Waals surface area contributed by atoms with Gasteiger partial charge >= 0.3 is 0 Å². The van der Waals surface area contributed by atoms with Gasteiger partial charge in [-0.15, -0.1) is 0 Å². The lowest BCUT2D eigenvalue weighted by molar-refractivity contribution is 0.0734. The van der Waals surface area contributed by atoms with Crippen LogP contribution in [0.2, 0.25) is 0 Å². The third kappa shape index (κ3) is 2.92. The molecular weight excluding hydrogens is 414 g/mol. The van der Waals surface area contributed by atoms with Crippen molar-refractivity contribution in [2.75, 3.05) is 18.1 Å². The molecule has 1 fully saturated rings. The minimum Gasteiger partial charge on any atom is -0.381 e. The normalized spacial score (nSPS) is 19.9. The molecule has 1 saturated heterocycles. The van der Waals surface area contributed by atoms with E-state index in [9.17, 15) is 0 Å². The zero-order chi connectivity index (χ0) is 22.6. The molecule has 2 aliphatic heterocycles. The van der Waals surface area contributed by atoms with Gasteiger partial charge in [0, 0.05) is 29.9 Å². The van der Waals surface area contributed by atoms with Crippen molar-refractivity contribution < 1.29 is 4.74 Å². The van der Waals surface area contributed by atoms with Crippen LogP contribution in [-0.4, -0.2) is 19.3 Å². The van der Waals surface area contributed by atoms with Gasteiger partial charge in [-0.25, -0.2) is 0 Å². The van der Waals surface area contributed by atoms with Crippen molar-refractivity contribution in [3.63, 3.8) is 0 Å². The average Bonchev–Trinajstić information content (AvgIpc) is 3.37. The summed E-state index contributed by atoms with van der Waals surface area (Å²) in [5.41, 5.74) is 13.3. The second-order valence-electron chi connectivity index (χ2n) is 9.66. The van der Waals surface area contributed by atoms with Gasteiger partial charge in [0.2, 0.25) is 0 Å². The summed E-state index contributed by atoms with van der Waals surface area (Å²) in [6, 6.07) is 33.7. The highest BCUT2D eigenvalue weighted by atomic mass is 16.5. The molecule has 0 aromatic heterocycles. The number of hydrogen-bond donors (Lipinski definition) is 0. The molecule has 4 aromatic rings. The second kappa shape index (κ2) is 7.72. The molecule has 0 spiro atoms. The van der Waals surface area contributed by atoms with Gasteiger partial charge in [0.05, 0.1) is 6.61 Å². The van der Waals surface area contributed by atoms with Crippen LogP contribution >= 0.6 is 0 Å². The molecule has 2 unspecified atom stereocenters. The lowest BCUT2D eigenvalue weighted by atomic mass is 9.89. The number of anilines is 2. The fourth-order valence-electron chi connectivity index (χ4n) is 6.18. The number of fused-ring (bicyclic) bond motifs is 6. The van der Waals surface area contributed by atoms with E-state index in [-0.39, 0.29) is 0 Å². The standard InChI is InChI=1S/C32H27NO/c1-21-17-32-29(30-20-34-16-15-31(30)33(32)23-9-3-2-4-10-23)19-22(21)18-28-26-13-7-5-11-24(26)25-12-6-8-14-27(25)28/h2-14,17-19,30-31H,15-16,20H2,1H3. The van der Waals surface area contributed by atoms with Crippen LogP contribution in [0.3, 0.4) is 0 Å². The molecule has 0 bridgehead atoms. The van der Waals surface area contributed by atoms with Crippen LogP contribution in [-0.2, 0) is 4.74 Å². The van der Waals surface area contributed by atoms with E-state index < -0.39 is 0 Å². The van der Waals surface area contributed by atoms with Gasteiger partial charge in [0.1, 0.15) is 0 Å². The van der Waals surface area contributed by atoms with Gasteiger partial charge in [-0.05, 0) is 88.2 Å². The van der Waals surface area contributed by atoms with Crippen molar-refractivity contribution in [2.45, 2.75) is 25.3 Å². The lowest BCUT2D eigenvalue weighted by Crippen LogP contribution is -2.36. The van der Waals surface area contributed by atoms with E-state index in [1.165, 1.54) is 55.9 Å². The van der Waals surface area contributed by atoms with Crippen LogP contribution in [0.4, 0.5) is 11.4 Å². The average molecular weight is 442 g/mol. The van der Waals surface area contributed by atoms with Crippen LogP contribution in [0.15, 0.2) is 91.0 Å². The van der Waals surface area contributed by atoms with Gasteiger partial charge in [-0.1, -0.05) is 66.7 Å². The van der Waals surface area contributed by atoms with Crippen molar-refractivity contribution in [1.29, 1.82) is 0 Å². The first-order chi connectivity index (χ1) is 16.8. The Kier molecular flexibility index (Phi) is 4.50.